The lowest BCUT2D eigenvalue weighted by Gasteiger charge is -2.09. The molecular weight excluding hydrogens is 235 g/mol. The Labute approximate surface area is 105 Å². The molecule has 96 valence electrons. The third kappa shape index (κ3) is 4.15. The largest absolute Gasteiger partial charge is 0.382 e. The van der Waals surface area contributed by atoms with E-state index in [1.165, 1.54) is 12.1 Å². The van der Waals surface area contributed by atoms with Crippen molar-refractivity contribution in [2.75, 3.05) is 12.4 Å². The van der Waals surface area contributed by atoms with Gasteiger partial charge in [-0.25, -0.2) is 4.39 Å². The summed E-state index contributed by atoms with van der Waals surface area (Å²) in [6.07, 6.45) is 0.932. The molecule has 0 fully saturated rings. The molecule has 0 aliphatic rings. The number of benzene rings is 1. The number of halogens is 1. The smallest absolute Gasteiger partial charge is 0.224 e. The van der Waals surface area contributed by atoms with Crippen LogP contribution in [0.5, 0.6) is 0 Å². The third-order valence-electron chi connectivity index (χ3n) is 2.55. The Hall–Kier alpha value is -1.93. The van der Waals surface area contributed by atoms with Crippen LogP contribution in [0.4, 0.5) is 10.1 Å². The summed E-state index contributed by atoms with van der Waals surface area (Å²) in [5.74, 6) is -0.780. The third-order valence-corrected chi connectivity index (χ3v) is 2.55. The lowest BCUT2D eigenvalue weighted by molar-refractivity contribution is -0.116. The number of rotatable bonds is 5. The first-order chi connectivity index (χ1) is 8.56. The Morgan fingerprint density at radius 3 is 2.94 bits per heavy atom. The molecule has 1 aromatic rings. The van der Waals surface area contributed by atoms with E-state index in [9.17, 15) is 9.18 Å². The zero-order valence-corrected chi connectivity index (χ0v) is 10.4. The second kappa shape index (κ2) is 6.72. The van der Waals surface area contributed by atoms with Gasteiger partial charge in [0.1, 0.15) is 11.9 Å². The molecule has 0 bridgehead atoms. The van der Waals surface area contributed by atoms with E-state index in [0.29, 0.717) is 18.5 Å². The number of nitrogens with zero attached hydrogens (tertiary/aromatic N) is 1. The van der Waals surface area contributed by atoms with Gasteiger partial charge in [0.15, 0.2) is 0 Å². The summed E-state index contributed by atoms with van der Waals surface area (Å²) in [5, 5.41) is 11.3. The second-order valence-electron chi connectivity index (χ2n) is 3.94. The van der Waals surface area contributed by atoms with Crippen LogP contribution < -0.4 is 5.32 Å². The molecular formula is C13H15FN2O2. The van der Waals surface area contributed by atoms with E-state index in [2.05, 4.69) is 5.32 Å². The summed E-state index contributed by atoms with van der Waals surface area (Å²) in [5.41, 5.74) is 0.334. The van der Waals surface area contributed by atoms with Crippen molar-refractivity contribution in [3.8, 4) is 6.07 Å². The van der Waals surface area contributed by atoms with E-state index in [4.69, 9.17) is 10.00 Å². The second-order valence-corrected chi connectivity index (χ2v) is 3.94. The minimum absolute atomic E-state index is 0.0126. The van der Waals surface area contributed by atoms with Crippen molar-refractivity contribution >= 4 is 11.6 Å². The topological polar surface area (TPSA) is 62.1 Å². The lowest BCUT2D eigenvalue weighted by atomic mass is 10.2. The predicted molar refractivity (Wildman–Crippen MR) is 65.4 cm³/mol. The van der Waals surface area contributed by atoms with Crippen molar-refractivity contribution in [2.45, 2.75) is 25.9 Å². The lowest BCUT2D eigenvalue weighted by Crippen LogP contribution is -2.15. The molecule has 0 aliphatic carbocycles. The number of amides is 1. The number of ether oxygens (including phenoxy) is 1. The molecule has 0 saturated heterocycles. The minimum Gasteiger partial charge on any atom is -0.382 e. The van der Waals surface area contributed by atoms with Crippen molar-refractivity contribution in [1.82, 2.24) is 0 Å². The monoisotopic (exact) mass is 250 g/mol. The highest BCUT2D eigenvalue weighted by molar-refractivity contribution is 5.90. The number of carbonyl (C=O) groups is 1. The molecule has 18 heavy (non-hydrogen) atoms. The Morgan fingerprint density at radius 1 is 1.61 bits per heavy atom. The number of nitrogens with one attached hydrogen (secondary N) is 1. The van der Waals surface area contributed by atoms with Gasteiger partial charge in [-0.3, -0.25) is 4.79 Å². The molecule has 5 heteroatoms. The molecule has 1 atom stereocenters. The molecule has 0 aromatic heterocycles. The van der Waals surface area contributed by atoms with Crippen molar-refractivity contribution in [2.24, 2.45) is 0 Å². The van der Waals surface area contributed by atoms with Gasteiger partial charge in [0.2, 0.25) is 5.91 Å². The number of carbonyl (C=O) groups excluding carboxylic acids is 1. The first-order valence-electron chi connectivity index (χ1n) is 5.59. The molecule has 1 rings (SSSR count). The van der Waals surface area contributed by atoms with Gasteiger partial charge in [-0.1, -0.05) is 0 Å². The fourth-order valence-electron chi connectivity index (χ4n) is 1.36. The first-order valence-corrected chi connectivity index (χ1v) is 5.59. The van der Waals surface area contributed by atoms with Crippen molar-refractivity contribution in [3.63, 3.8) is 0 Å². The SMILES string of the molecule is COC(C)CCC(=O)Nc1ccc(F)c(C#N)c1. The van der Waals surface area contributed by atoms with Gasteiger partial charge in [-0.2, -0.15) is 5.26 Å². The molecule has 0 spiro atoms. The molecule has 0 heterocycles. The normalized spacial score (nSPS) is 11.7. The molecule has 0 saturated carbocycles. The van der Waals surface area contributed by atoms with Gasteiger partial charge >= 0.3 is 0 Å². The Bertz CT molecular complexity index is 469. The zero-order chi connectivity index (χ0) is 13.5. The average molecular weight is 250 g/mol. The highest BCUT2D eigenvalue weighted by atomic mass is 19.1. The van der Waals surface area contributed by atoms with Gasteiger partial charge in [0, 0.05) is 19.2 Å². The van der Waals surface area contributed by atoms with Crippen LogP contribution in [-0.4, -0.2) is 19.1 Å². The Morgan fingerprint density at radius 2 is 2.33 bits per heavy atom. The van der Waals surface area contributed by atoms with E-state index in [1.54, 1.807) is 13.2 Å². The predicted octanol–water partition coefficient (Wildman–Crippen LogP) is 2.45. The molecule has 1 N–H and O–H groups in total. The molecule has 1 aromatic carbocycles. The van der Waals surface area contributed by atoms with Crippen LogP contribution in [0.2, 0.25) is 0 Å². The van der Waals surface area contributed by atoms with Crippen LogP contribution in [0, 0.1) is 17.1 Å². The molecule has 4 nitrogen and oxygen atoms in total. The highest BCUT2D eigenvalue weighted by Crippen LogP contribution is 2.14. The molecule has 1 amide bonds. The summed E-state index contributed by atoms with van der Waals surface area (Å²) in [4.78, 5) is 11.6. The maximum absolute atomic E-state index is 13.1. The van der Waals surface area contributed by atoms with Crippen molar-refractivity contribution in [3.05, 3.63) is 29.6 Å². The van der Waals surface area contributed by atoms with E-state index >= 15 is 0 Å². The number of anilines is 1. The molecule has 1 unspecified atom stereocenters. The number of hydrogen-bond donors (Lipinski definition) is 1. The van der Waals surface area contributed by atoms with Gasteiger partial charge in [-0.05, 0) is 31.5 Å². The Kier molecular flexibility index (Phi) is 5.28. The highest BCUT2D eigenvalue weighted by Gasteiger charge is 2.08. The van der Waals surface area contributed by atoms with Crippen LogP contribution in [0.3, 0.4) is 0 Å². The quantitative estimate of drug-likeness (QED) is 0.873. The van der Waals surface area contributed by atoms with E-state index < -0.39 is 5.82 Å². The number of methoxy groups -OCH3 is 1. The average Bonchev–Trinajstić information content (AvgIpc) is 2.38. The summed E-state index contributed by atoms with van der Waals surface area (Å²) in [6.45, 7) is 1.87. The number of hydrogen-bond acceptors (Lipinski definition) is 3. The summed E-state index contributed by atoms with van der Waals surface area (Å²) in [6, 6.07) is 5.62. The summed E-state index contributed by atoms with van der Waals surface area (Å²) < 4.78 is 18.1. The maximum Gasteiger partial charge on any atom is 0.224 e. The van der Waals surface area contributed by atoms with Gasteiger partial charge in [0.05, 0.1) is 11.7 Å². The maximum atomic E-state index is 13.1. The number of nitriles is 1. The van der Waals surface area contributed by atoms with Crippen LogP contribution in [0.1, 0.15) is 25.3 Å². The first kappa shape index (κ1) is 14.1. The summed E-state index contributed by atoms with van der Waals surface area (Å²) >= 11 is 0. The minimum atomic E-state index is -0.594. The van der Waals surface area contributed by atoms with E-state index in [-0.39, 0.29) is 17.6 Å². The van der Waals surface area contributed by atoms with E-state index in [0.717, 1.165) is 6.07 Å². The van der Waals surface area contributed by atoms with Crippen molar-refractivity contribution < 1.29 is 13.9 Å². The van der Waals surface area contributed by atoms with Crippen LogP contribution in [0.25, 0.3) is 0 Å². The standard InChI is InChI=1S/C13H15FN2O2/c1-9(18-2)3-6-13(17)16-11-4-5-12(14)10(7-11)8-15/h4-5,7,9H,3,6H2,1-2H3,(H,16,17). The van der Waals surface area contributed by atoms with Crippen LogP contribution in [-0.2, 0) is 9.53 Å². The molecule has 0 aliphatic heterocycles. The zero-order valence-electron chi connectivity index (χ0n) is 10.4. The fraction of sp³-hybridized carbons (Fsp3) is 0.385. The van der Waals surface area contributed by atoms with Gasteiger partial charge < -0.3 is 10.1 Å². The van der Waals surface area contributed by atoms with E-state index in [1.807, 2.05) is 6.92 Å². The molecule has 0 radical (unpaired) electrons. The van der Waals surface area contributed by atoms with Crippen LogP contribution >= 0.6 is 0 Å². The van der Waals surface area contributed by atoms with Gasteiger partial charge in [0.25, 0.3) is 0 Å². The Balaban J connectivity index is 2.57. The van der Waals surface area contributed by atoms with Gasteiger partial charge in [-0.15, -0.1) is 0 Å². The van der Waals surface area contributed by atoms with Crippen LogP contribution in [0.15, 0.2) is 18.2 Å². The summed E-state index contributed by atoms with van der Waals surface area (Å²) in [7, 11) is 1.59. The van der Waals surface area contributed by atoms with Crippen molar-refractivity contribution in [1.29, 1.82) is 5.26 Å². The fourth-order valence-corrected chi connectivity index (χ4v) is 1.36.